The molecule has 0 aliphatic carbocycles. The third kappa shape index (κ3) is 3.58. The molecule has 4 heteroatoms. The summed E-state index contributed by atoms with van der Waals surface area (Å²) in [6.45, 7) is 2.69. The highest BCUT2D eigenvalue weighted by Crippen LogP contribution is 2.15. The maximum Gasteiger partial charge on any atom is 0.303 e. The molecule has 1 aliphatic rings. The molecule has 1 atom stereocenters. The molecule has 0 spiro atoms. The van der Waals surface area contributed by atoms with E-state index in [1.807, 2.05) is 6.07 Å². The number of aryl methyl sites for hydroxylation is 1. The van der Waals surface area contributed by atoms with Gasteiger partial charge in [0.15, 0.2) is 5.90 Å². The summed E-state index contributed by atoms with van der Waals surface area (Å²) >= 11 is 0. The van der Waals surface area contributed by atoms with Crippen molar-refractivity contribution in [1.82, 2.24) is 0 Å². The molecule has 4 nitrogen and oxygen atoms in total. The van der Waals surface area contributed by atoms with Gasteiger partial charge in [0, 0.05) is 12.8 Å². The van der Waals surface area contributed by atoms with Crippen LogP contribution in [0.4, 0.5) is 0 Å². The van der Waals surface area contributed by atoms with Gasteiger partial charge < -0.3 is 9.84 Å². The molecule has 0 bridgehead atoms. The van der Waals surface area contributed by atoms with E-state index >= 15 is 0 Å². The van der Waals surface area contributed by atoms with E-state index in [1.54, 1.807) is 0 Å². The molecule has 1 aromatic carbocycles. The van der Waals surface area contributed by atoms with Gasteiger partial charge >= 0.3 is 5.97 Å². The molecule has 18 heavy (non-hydrogen) atoms. The smallest absolute Gasteiger partial charge is 0.303 e. The number of benzene rings is 1. The van der Waals surface area contributed by atoms with Crippen LogP contribution in [-0.2, 0) is 16.0 Å². The lowest BCUT2D eigenvalue weighted by Crippen LogP contribution is -2.16. The fourth-order valence-corrected chi connectivity index (χ4v) is 2.03. The van der Waals surface area contributed by atoms with E-state index in [1.165, 1.54) is 11.1 Å². The summed E-state index contributed by atoms with van der Waals surface area (Å²) in [5, 5.41) is 8.59. The molecule has 1 unspecified atom stereocenters. The van der Waals surface area contributed by atoms with E-state index in [2.05, 4.69) is 30.1 Å². The van der Waals surface area contributed by atoms with Crippen molar-refractivity contribution in [3.05, 3.63) is 35.4 Å². The minimum Gasteiger partial charge on any atom is -0.481 e. The number of aliphatic imine (C=N–C) groups is 1. The van der Waals surface area contributed by atoms with E-state index in [0.29, 0.717) is 18.9 Å². The summed E-state index contributed by atoms with van der Waals surface area (Å²) in [6.07, 6.45) is 1.34. The highest BCUT2D eigenvalue weighted by molar-refractivity contribution is 5.81. The van der Waals surface area contributed by atoms with Crippen LogP contribution in [-0.4, -0.2) is 29.6 Å². The SMILES string of the molecule is Cc1cccc(CC2CN=C(CCC(=O)O)O2)c1. The Morgan fingerprint density at radius 3 is 3.11 bits per heavy atom. The minimum absolute atomic E-state index is 0.0515. The zero-order chi connectivity index (χ0) is 13.0. The molecule has 0 aromatic heterocycles. The van der Waals surface area contributed by atoms with Crippen molar-refractivity contribution in [3.63, 3.8) is 0 Å². The summed E-state index contributed by atoms with van der Waals surface area (Å²) in [5.74, 6) is -0.238. The van der Waals surface area contributed by atoms with E-state index in [-0.39, 0.29) is 12.5 Å². The van der Waals surface area contributed by atoms with Gasteiger partial charge in [-0.1, -0.05) is 29.8 Å². The number of nitrogens with zero attached hydrogens (tertiary/aromatic N) is 1. The molecule has 96 valence electrons. The lowest BCUT2D eigenvalue weighted by atomic mass is 10.1. The Bertz CT molecular complexity index is 468. The Labute approximate surface area is 106 Å². The van der Waals surface area contributed by atoms with Crippen LogP contribution < -0.4 is 0 Å². The molecule has 1 heterocycles. The second kappa shape index (κ2) is 5.67. The number of ether oxygens (including phenoxy) is 1. The van der Waals surface area contributed by atoms with Crippen molar-refractivity contribution in [3.8, 4) is 0 Å². The number of rotatable bonds is 5. The van der Waals surface area contributed by atoms with Crippen molar-refractivity contribution < 1.29 is 14.6 Å². The summed E-state index contributed by atoms with van der Waals surface area (Å²) in [5.41, 5.74) is 2.47. The number of hydrogen-bond acceptors (Lipinski definition) is 3. The molecule has 0 radical (unpaired) electrons. The van der Waals surface area contributed by atoms with Gasteiger partial charge in [-0.2, -0.15) is 0 Å². The van der Waals surface area contributed by atoms with Crippen LogP contribution in [0.15, 0.2) is 29.3 Å². The summed E-state index contributed by atoms with van der Waals surface area (Å²) in [7, 11) is 0. The third-order valence-electron chi connectivity index (χ3n) is 2.87. The van der Waals surface area contributed by atoms with Crippen LogP contribution in [0.3, 0.4) is 0 Å². The number of carboxylic acids is 1. The average Bonchev–Trinajstić information content (AvgIpc) is 2.74. The van der Waals surface area contributed by atoms with Crippen molar-refractivity contribution >= 4 is 11.9 Å². The molecule has 0 saturated carbocycles. The van der Waals surface area contributed by atoms with Gasteiger partial charge in [0.05, 0.1) is 13.0 Å². The predicted molar refractivity (Wildman–Crippen MR) is 68.9 cm³/mol. The topological polar surface area (TPSA) is 58.9 Å². The van der Waals surface area contributed by atoms with Gasteiger partial charge in [0.1, 0.15) is 6.10 Å². The first-order chi connectivity index (χ1) is 8.63. The van der Waals surface area contributed by atoms with Crippen LogP contribution in [0.5, 0.6) is 0 Å². The van der Waals surface area contributed by atoms with Crippen molar-refractivity contribution in [2.45, 2.75) is 32.3 Å². The van der Waals surface area contributed by atoms with Gasteiger partial charge in [0.2, 0.25) is 0 Å². The van der Waals surface area contributed by atoms with Crippen molar-refractivity contribution in [2.24, 2.45) is 4.99 Å². The maximum absolute atomic E-state index is 10.5. The molecule has 0 amide bonds. The Balaban J connectivity index is 1.82. The highest BCUT2D eigenvalue weighted by atomic mass is 16.5. The van der Waals surface area contributed by atoms with E-state index in [9.17, 15) is 4.79 Å². The van der Waals surface area contributed by atoms with Crippen LogP contribution >= 0.6 is 0 Å². The fourth-order valence-electron chi connectivity index (χ4n) is 2.03. The van der Waals surface area contributed by atoms with Crippen LogP contribution in [0.2, 0.25) is 0 Å². The van der Waals surface area contributed by atoms with Crippen LogP contribution in [0.25, 0.3) is 0 Å². The van der Waals surface area contributed by atoms with Gasteiger partial charge in [-0.15, -0.1) is 0 Å². The quantitative estimate of drug-likeness (QED) is 0.867. The summed E-state index contributed by atoms with van der Waals surface area (Å²) in [4.78, 5) is 14.7. The number of aliphatic carboxylic acids is 1. The zero-order valence-corrected chi connectivity index (χ0v) is 10.4. The van der Waals surface area contributed by atoms with Gasteiger partial charge in [0.25, 0.3) is 0 Å². The first-order valence-electron chi connectivity index (χ1n) is 6.11. The van der Waals surface area contributed by atoms with Crippen LogP contribution in [0.1, 0.15) is 24.0 Å². The second-order valence-electron chi connectivity index (χ2n) is 4.56. The number of carbonyl (C=O) groups is 1. The lowest BCUT2D eigenvalue weighted by molar-refractivity contribution is -0.136. The van der Waals surface area contributed by atoms with Crippen LogP contribution in [0, 0.1) is 6.92 Å². The largest absolute Gasteiger partial charge is 0.481 e. The molecular formula is C14H17NO3. The van der Waals surface area contributed by atoms with E-state index in [4.69, 9.17) is 9.84 Å². The number of carboxylic acid groups (broad SMARTS) is 1. The lowest BCUT2D eigenvalue weighted by Gasteiger charge is -2.11. The second-order valence-corrected chi connectivity index (χ2v) is 4.56. The molecule has 1 aliphatic heterocycles. The highest BCUT2D eigenvalue weighted by Gasteiger charge is 2.20. The molecule has 1 N–H and O–H groups in total. The standard InChI is InChI=1S/C14H17NO3/c1-10-3-2-4-11(7-10)8-12-9-15-13(18-12)5-6-14(16)17/h2-4,7,12H,5-6,8-9H2,1H3,(H,16,17). The Hall–Kier alpha value is -1.84. The monoisotopic (exact) mass is 247 g/mol. The molecule has 0 saturated heterocycles. The van der Waals surface area contributed by atoms with E-state index < -0.39 is 5.97 Å². The number of hydrogen-bond donors (Lipinski definition) is 1. The van der Waals surface area contributed by atoms with Crippen molar-refractivity contribution in [1.29, 1.82) is 0 Å². The Morgan fingerprint density at radius 2 is 2.39 bits per heavy atom. The first-order valence-corrected chi connectivity index (χ1v) is 6.11. The first kappa shape index (κ1) is 12.6. The molecule has 1 aromatic rings. The van der Waals surface area contributed by atoms with Gasteiger partial charge in [-0.25, -0.2) is 0 Å². The van der Waals surface area contributed by atoms with Gasteiger partial charge in [-0.05, 0) is 12.5 Å². The molecule has 0 fully saturated rings. The average molecular weight is 247 g/mol. The molecular weight excluding hydrogens is 230 g/mol. The Kier molecular flexibility index (Phi) is 3.97. The third-order valence-corrected chi connectivity index (χ3v) is 2.87. The maximum atomic E-state index is 10.5. The normalized spacial score (nSPS) is 18.3. The predicted octanol–water partition coefficient (Wildman–Crippen LogP) is 2.20. The van der Waals surface area contributed by atoms with Gasteiger partial charge in [-0.3, -0.25) is 9.79 Å². The summed E-state index contributed by atoms with van der Waals surface area (Å²) < 4.78 is 5.64. The zero-order valence-electron chi connectivity index (χ0n) is 10.4. The van der Waals surface area contributed by atoms with Crippen molar-refractivity contribution in [2.75, 3.05) is 6.54 Å². The summed E-state index contributed by atoms with van der Waals surface area (Å²) in [6, 6.07) is 8.31. The fraction of sp³-hybridized carbons (Fsp3) is 0.429. The molecule has 2 rings (SSSR count). The Morgan fingerprint density at radius 1 is 1.56 bits per heavy atom. The minimum atomic E-state index is -0.816. The van der Waals surface area contributed by atoms with E-state index in [0.717, 1.165) is 6.42 Å².